The van der Waals surface area contributed by atoms with Gasteiger partial charge in [0.25, 0.3) is 0 Å². The molecular formula is C13H26N2O4. The molecule has 1 atom stereocenters. The molecule has 6 heteroatoms. The number of carbonyl (C=O) groups is 2. The molecule has 0 spiro atoms. The first-order valence-corrected chi connectivity index (χ1v) is 6.80. The second-order valence-electron chi connectivity index (χ2n) is 4.44. The number of aliphatic carboxylic acids is 1. The van der Waals surface area contributed by atoms with E-state index in [1.54, 1.807) is 18.9 Å². The topological polar surface area (TPSA) is 78.9 Å². The zero-order chi connectivity index (χ0) is 14.8. The van der Waals surface area contributed by atoms with Gasteiger partial charge in [0.15, 0.2) is 0 Å². The maximum absolute atomic E-state index is 11.9. The Labute approximate surface area is 115 Å². The van der Waals surface area contributed by atoms with Crippen molar-refractivity contribution < 1.29 is 19.4 Å². The third-order valence-electron chi connectivity index (χ3n) is 3.10. The van der Waals surface area contributed by atoms with Gasteiger partial charge in [-0.15, -0.1) is 0 Å². The third-order valence-corrected chi connectivity index (χ3v) is 3.10. The van der Waals surface area contributed by atoms with E-state index in [4.69, 9.17) is 9.84 Å². The molecule has 0 aliphatic heterocycles. The SMILES string of the molecule is CCOC(CNC(=O)N(C)C(CC)CC)CC(=O)O. The number of carboxylic acid groups (broad SMARTS) is 1. The summed E-state index contributed by atoms with van der Waals surface area (Å²) in [6.07, 6.45) is 1.19. The van der Waals surface area contributed by atoms with Crippen LogP contribution >= 0.6 is 0 Å². The molecule has 0 saturated carbocycles. The Balaban J connectivity index is 4.26. The summed E-state index contributed by atoms with van der Waals surface area (Å²) in [6, 6.07) is 0.00816. The number of nitrogens with zero attached hydrogens (tertiary/aromatic N) is 1. The number of carbonyl (C=O) groups excluding carboxylic acids is 1. The lowest BCUT2D eigenvalue weighted by Gasteiger charge is -2.27. The molecule has 0 heterocycles. The standard InChI is InChI=1S/C13H26N2O4/c1-5-10(6-2)15(4)13(18)14-9-11(19-7-3)8-12(16)17/h10-11H,5-9H2,1-4H3,(H,14,18)(H,16,17). The fourth-order valence-corrected chi connectivity index (χ4v) is 1.95. The van der Waals surface area contributed by atoms with Gasteiger partial charge in [0.1, 0.15) is 0 Å². The summed E-state index contributed by atoms with van der Waals surface area (Å²) >= 11 is 0. The summed E-state index contributed by atoms with van der Waals surface area (Å²) in [5.41, 5.74) is 0. The van der Waals surface area contributed by atoms with Crippen LogP contribution in [0.4, 0.5) is 4.79 Å². The number of ether oxygens (including phenoxy) is 1. The smallest absolute Gasteiger partial charge is 0.317 e. The van der Waals surface area contributed by atoms with Gasteiger partial charge < -0.3 is 20.1 Å². The Bertz CT molecular complexity index is 280. The first-order chi connectivity index (χ1) is 8.96. The number of hydrogen-bond donors (Lipinski definition) is 2. The summed E-state index contributed by atoms with van der Waals surface area (Å²) in [4.78, 5) is 24.2. The van der Waals surface area contributed by atoms with Gasteiger partial charge in [0.2, 0.25) is 0 Å². The molecule has 6 nitrogen and oxygen atoms in total. The van der Waals surface area contributed by atoms with Crippen molar-refractivity contribution in [2.24, 2.45) is 0 Å². The van der Waals surface area contributed by atoms with Crippen LogP contribution in [0.25, 0.3) is 0 Å². The molecular weight excluding hydrogens is 248 g/mol. The van der Waals surface area contributed by atoms with Crippen molar-refractivity contribution >= 4 is 12.0 Å². The lowest BCUT2D eigenvalue weighted by Crippen LogP contribution is -2.46. The fourth-order valence-electron chi connectivity index (χ4n) is 1.95. The van der Waals surface area contributed by atoms with E-state index in [0.717, 1.165) is 12.8 Å². The molecule has 0 aliphatic carbocycles. The summed E-state index contributed by atoms with van der Waals surface area (Å²) in [7, 11) is 1.75. The number of carboxylic acids is 1. The molecule has 0 aliphatic rings. The summed E-state index contributed by atoms with van der Waals surface area (Å²) in [5.74, 6) is -0.930. The predicted molar refractivity (Wildman–Crippen MR) is 73.2 cm³/mol. The monoisotopic (exact) mass is 274 g/mol. The molecule has 0 saturated heterocycles. The number of hydrogen-bond acceptors (Lipinski definition) is 3. The van der Waals surface area contributed by atoms with Crippen molar-refractivity contribution in [1.29, 1.82) is 0 Å². The zero-order valence-electron chi connectivity index (χ0n) is 12.3. The molecule has 2 N–H and O–H groups in total. The average molecular weight is 274 g/mol. The number of amides is 2. The van der Waals surface area contributed by atoms with Crippen molar-refractivity contribution in [3.05, 3.63) is 0 Å². The second kappa shape index (κ2) is 9.61. The lowest BCUT2D eigenvalue weighted by molar-refractivity contribution is -0.140. The Kier molecular flexibility index (Phi) is 8.95. The molecule has 0 fully saturated rings. The molecule has 1 unspecified atom stereocenters. The maximum atomic E-state index is 11.9. The lowest BCUT2D eigenvalue weighted by atomic mass is 10.1. The van der Waals surface area contributed by atoms with E-state index in [0.29, 0.717) is 6.61 Å². The summed E-state index contributed by atoms with van der Waals surface area (Å²) in [6.45, 7) is 6.50. The van der Waals surface area contributed by atoms with E-state index in [1.807, 2.05) is 13.8 Å². The highest BCUT2D eigenvalue weighted by Crippen LogP contribution is 2.06. The van der Waals surface area contributed by atoms with Crippen LogP contribution in [0.5, 0.6) is 0 Å². The highest BCUT2D eigenvalue weighted by molar-refractivity contribution is 5.74. The van der Waals surface area contributed by atoms with E-state index < -0.39 is 12.1 Å². The van der Waals surface area contributed by atoms with Crippen molar-refractivity contribution in [1.82, 2.24) is 10.2 Å². The Morgan fingerprint density at radius 2 is 1.84 bits per heavy atom. The Hall–Kier alpha value is -1.30. The second-order valence-corrected chi connectivity index (χ2v) is 4.44. The highest BCUT2D eigenvalue weighted by Gasteiger charge is 2.19. The van der Waals surface area contributed by atoms with Gasteiger partial charge in [-0.05, 0) is 19.8 Å². The van der Waals surface area contributed by atoms with Crippen LogP contribution in [-0.4, -0.2) is 54.4 Å². The van der Waals surface area contributed by atoms with Crippen molar-refractivity contribution in [2.75, 3.05) is 20.2 Å². The normalized spacial score (nSPS) is 12.3. The van der Waals surface area contributed by atoms with Crippen LogP contribution in [-0.2, 0) is 9.53 Å². The van der Waals surface area contributed by atoms with E-state index in [-0.39, 0.29) is 25.0 Å². The van der Waals surface area contributed by atoms with E-state index >= 15 is 0 Å². The largest absolute Gasteiger partial charge is 0.481 e. The molecule has 0 rings (SSSR count). The molecule has 2 amide bonds. The minimum atomic E-state index is -0.930. The van der Waals surface area contributed by atoms with Crippen molar-refractivity contribution in [3.63, 3.8) is 0 Å². The molecule has 0 aromatic heterocycles. The molecule has 0 aromatic carbocycles. The van der Waals surface area contributed by atoms with Crippen LogP contribution in [0.1, 0.15) is 40.0 Å². The van der Waals surface area contributed by atoms with Gasteiger partial charge >= 0.3 is 12.0 Å². The molecule has 0 radical (unpaired) electrons. The maximum Gasteiger partial charge on any atom is 0.317 e. The first-order valence-electron chi connectivity index (χ1n) is 6.80. The van der Waals surface area contributed by atoms with Gasteiger partial charge in [-0.2, -0.15) is 0 Å². The number of urea groups is 1. The zero-order valence-corrected chi connectivity index (χ0v) is 12.3. The van der Waals surface area contributed by atoms with E-state index in [9.17, 15) is 9.59 Å². The van der Waals surface area contributed by atoms with Crippen molar-refractivity contribution in [2.45, 2.75) is 52.2 Å². The average Bonchev–Trinajstić information content (AvgIpc) is 2.36. The number of nitrogens with one attached hydrogen (secondary N) is 1. The van der Waals surface area contributed by atoms with E-state index in [2.05, 4.69) is 5.32 Å². The van der Waals surface area contributed by atoms with Crippen LogP contribution < -0.4 is 5.32 Å². The molecule has 19 heavy (non-hydrogen) atoms. The molecule has 0 bridgehead atoms. The number of rotatable bonds is 9. The summed E-state index contributed by atoms with van der Waals surface area (Å²) in [5, 5.41) is 11.5. The van der Waals surface area contributed by atoms with Gasteiger partial charge in [-0.1, -0.05) is 13.8 Å². The van der Waals surface area contributed by atoms with Crippen LogP contribution in [0, 0.1) is 0 Å². The third kappa shape index (κ3) is 7.00. The fraction of sp³-hybridized carbons (Fsp3) is 0.846. The van der Waals surface area contributed by atoms with Gasteiger partial charge in [-0.25, -0.2) is 4.79 Å². The van der Waals surface area contributed by atoms with E-state index in [1.165, 1.54) is 0 Å². The Morgan fingerprint density at radius 1 is 1.26 bits per heavy atom. The van der Waals surface area contributed by atoms with Crippen LogP contribution in [0.2, 0.25) is 0 Å². The van der Waals surface area contributed by atoms with Gasteiger partial charge in [0, 0.05) is 26.2 Å². The Morgan fingerprint density at radius 3 is 2.26 bits per heavy atom. The first kappa shape index (κ1) is 17.7. The molecule has 0 aromatic rings. The quantitative estimate of drug-likeness (QED) is 0.670. The van der Waals surface area contributed by atoms with Crippen LogP contribution in [0.3, 0.4) is 0 Å². The summed E-state index contributed by atoms with van der Waals surface area (Å²) < 4.78 is 5.28. The highest BCUT2D eigenvalue weighted by atomic mass is 16.5. The van der Waals surface area contributed by atoms with Crippen LogP contribution in [0.15, 0.2) is 0 Å². The minimum Gasteiger partial charge on any atom is -0.481 e. The minimum absolute atomic E-state index is 0.108. The predicted octanol–water partition coefficient (Wildman–Crippen LogP) is 1.70. The van der Waals surface area contributed by atoms with Crippen molar-refractivity contribution in [3.8, 4) is 0 Å². The van der Waals surface area contributed by atoms with Gasteiger partial charge in [0.05, 0.1) is 12.5 Å². The molecule has 112 valence electrons. The van der Waals surface area contributed by atoms with Gasteiger partial charge in [-0.3, -0.25) is 4.79 Å².